The molecule has 1 amide bonds. The molecule has 1 rings (SSSR count). The van der Waals surface area contributed by atoms with Crippen molar-refractivity contribution >= 4 is 45.8 Å². The molecule has 1 aliphatic rings. The van der Waals surface area contributed by atoms with E-state index < -0.39 is 0 Å². The first-order valence-electron chi connectivity index (χ1n) is 7.30. The first kappa shape index (κ1) is 22.4. The molecule has 3 nitrogen and oxygen atoms in total. The van der Waals surface area contributed by atoms with E-state index in [1.54, 1.807) is 0 Å². The number of halogens is 1. The monoisotopic (exact) mass is 340 g/mol. The minimum atomic E-state index is 0.0231. The Morgan fingerprint density at radius 1 is 1.20 bits per heavy atom. The van der Waals surface area contributed by atoms with Crippen LogP contribution in [0.1, 0.15) is 47.0 Å². The maximum absolute atomic E-state index is 10.2. The zero-order chi connectivity index (χ0) is 15.8. The second-order valence-corrected chi connectivity index (χ2v) is 6.17. The van der Waals surface area contributed by atoms with E-state index >= 15 is 0 Å². The van der Waals surface area contributed by atoms with Crippen LogP contribution in [-0.2, 0) is 4.79 Å². The van der Waals surface area contributed by atoms with Crippen molar-refractivity contribution in [2.75, 3.05) is 31.3 Å². The average Bonchev–Trinajstić information content (AvgIpc) is 2.83. The molecule has 0 spiro atoms. The lowest BCUT2D eigenvalue weighted by Gasteiger charge is -2.13. The van der Waals surface area contributed by atoms with Crippen molar-refractivity contribution in [3.8, 4) is 0 Å². The molecule has 1 saturated heterocycles. The fraction of sp³-hybridized carbons (Fsp3) is 0.857. The molecule has 0 atom stereocenters. The van der Waals surface area contributed by atoms with E-state index in [1.807, 2.05) is 0 Å². The van der Waals surface area contributed by atoms with Crippen LogP contribution in [0.15, 0.2) is 0 Å². The van der Waals surface area contributed by atoms with Crippen molar-refractivity contribution in [1.29, 1.82) is 0 Å². The van der Waals surface area contributed by atoms with Crippen LogP contribution in [0.4, 0.5) is 0 Å². The van der Waals surface area contributed by atoms with E-state index in [2.05, 4.69) is 50.1 Å². The molecule has 0 aliphatic carbocycles. The molecule has 6 heteroatoms. The van der Waals surface area contributed by atoms with Crippen LogP contribution in [0.5, 0.6) is 0 Å². The summed E-state index contributed by atoms with van der Waals surface area (Å²) < 4.78 is 0.602. The van der Waals surface area contributed by atoms with Crippen LogP contribution < -0.4 is 5.32 Å². The first-order valence-corrected chi connectivity index (χ1v) is 9.23. The number of alkyl halides is 1. The highest BCUT2D eigenvalue weighted by atomic mass is 35.5. The number of rotatable bonds is 6. The number of thiocarbonyl (C=S) groups is 1. The summed E-state index contributed by atoms with van der Waals surface area (Å²) in [5.74, 6) is 1.35. The molecule has 0 aromatic rings. The van der Waals surface area contributed by atoms with Crippen LogP contribution in [0.25, 0.3) is 0 Å². The first-order chi connectivity index (χ1) is 9.55. The van der Waals surface area contributed by atoms with Crippen LogP contribution in [-0.4, -0.2) is 46.4 Å². The zero-order valence-corrected chi connectivity index (χ0v) is 15.6. The summed E-state index contributed by atoms with van der Waals surface area (Å²) in [7, 11) is 0. The normalized spacial score (nSPS) is 13.3. The predicted octanol–water partition coefficient (Wildman–Crippen LogP) is 3.90. The van der Waals surface area contributed by atoms with Crippen molar-refractivity contribution in [3.63, 3.8) is 0 Å². The SMILES string of the molecule is CCCCCCl.CCN(CC)CC.O=C1CSC(=S)N1. The zero-order valence-electron chi connectivity index (χ0n) is 13.2. The Hall–Kier alpha value is 0.160. The van der Waals surface area contributed by atoms with E-state index in [1.165, 1.54) is 50.7 Å². The molecule has 0 radical (unpaired) electrons. The van der Waals surface area contributed by atoms with Gasteiger partial charge in [-0.25, -0.2) is 0 Å². The molecular formula is C14H29ClN2OS2. The molecule has 0 aromatic carbocycles. The lowest BCUT2D eigenvalue weighted by Crippen LogP contribution is -2.21. The topological polar surface area (TPSA) is 32.3 Å². The Balaban J connectivity index is 0. The van der Waals surface area contributed by atoms with E-state index in [-0.39, 0.29) is 5.91 Å². The molecule has 0 aromatic heterocycles. The summed E-state index contributed by atoms with van der Waals surface area (Å²) in [5, 5.41) is 2.47. The minimum Gasteiger partial charge on any atom is -0.311 e. The van der Waals surface area contributed by atoms with Gasteiger partial charge in [0.1, 0.15) is 4.32 Å². The molecule has 1 fully saturated rings. The Morgan fingerprint density at radius 2 is 1.75 bits per heavy atom. The predicted molar refractivity (Wildman–Crippen MR) is 96.9 cm³/mol. The van der Waals surface area contributed by atoms with Gasteiger partial charge in [-0.1, -0.05) is 64.5 Å². The second-order valence-electron chi connectivity index (χ2n) is 4.14. The summed E-state index contributed by atoms with van der Waals surface area (Å²) >= 11 is 11.4. The summed E-state index contributed by atoms with van der Waals surface area (Å²) in [6.45, 7) is 12.3. The largest absolute Gasteiger partial charge is 0.311 e. The Bertz CT molecular complexity index is 226. The Labute approximate surface area is 139 Å². The minimum absolute atomic E-state index is 0.0231. The van der Waals surface area contributed by atoms with Gasteiger partial charge in [-0.3, -0.25) is 4.79 Å². The van der Waals surface area contributed by atoms with Crippen molar-refractivity contribution in [2.45, 2.75) is 47.0 Å². The fourth-order valence-corrected chi connectivity index (χ4v) is 2.33. The van der Waals surface area contributed by atoms with E-state index in [9.17, 15) is 4.79 Å². The number of carbonyl (C=O) groups excluding carboxylic acids is 1. The maximum atomic E-state index is 10.2. The van der Waals surface area contributed by atoms with Crippen molar-refractivity contribution in [3.05, 3.63) is 0 Å². The van der Waals surface area contributed by atoms with Gasteiger partial charge in [0.25, 0.3) is 0 Å². The molecular weight excluding hydrogens is 312 g/mol. The highest BCUT2D eigenvalue weighted by molar-refractivity contribution is 8.24. The molecule has 1 aliphatic heterocycles. The van der Waals surface area contributed by atoms with Crippen molar-refractivity contribution < 1.29 is 4.79 Å². The Morgan fingerprint density at radius 3 is 1.85 bits per heavy atom. The summed E-state index contributed by atoms with van der Waals surface area (Å²) in [6, 6.07) is 0. The van der Waals surface area contributed by atoms with Crippen LogP contribution in [0.2, 0.25) is 0 Å². The molecule has 0 saturated carbocycles. The number of hydrogen-bond acceptors (Lipinski definition) is 4. The van der Waals surface area contributed by atoms with E-state index in [4.69, 9.17) is 11.6 Å². The van der Waals surface area contributed by atoms with Gasteiger partial charge in [0.05, 0.1) is 5.75 Å². The second kappa shape index (κ2) is 17.2. The summed E-state index contributed by atoms with van der Waals surface area (Å²) in [4.78, 5) is 12.6. The lowest BCUT2D eigenvalue weighted by atomic mass is 10.3. The van der Waals surface area contributed by atoms with Gasteiger partial charge in [0, 0.05) is 5.88 Å². The number of carbonyl (C=O) groups is 1. The van der Waals surface area contributed by atoms with Gasteiger partial charge in [-0.2, -0.15) is 0 Å². The third-order valence-electron chi connectivity index (χ3n) is 2.65. The number of nitrogens with zero attached hydrogens (tertiary/aromatic N) is 1. The number of unbranched alkanes of at least 4 members (excludes halogenated alkanes) is 2. The smallest absolute Gasteiger partial charge is 0.235 e. The van der Waals surface area contributed by atoms with Gasteiger partial charge >= 0.3 is 0 Å². The number of thioether (sulfide) groups is 1. The van der Waals surface area contributed by atoms with Crippen LogP contribution >= 0.6 is 35.6 Å². The lowest BCUT2D eigenvalue weighted by molar-refractivity contribution is -0.116. The molecule has 20 heavy (non-hydrogen) atoms. The average molecular weight is 341 g/mol. The van der Waals surface area contributed by atoms with Gasteiger partial charge in [-0.05, 0) is 26.1 Å². The molecule has 120 valence electrons. The summed E-state index contributed by atoms with van der Waals surface area (Å²) in [5.41, 5.74) is 0. The number of hydrogen-bond donors (Lipinski definition) is 1. The molecule has 1 heterocycles. The highest BCUT2D eigenvalue weighted by Crippen LogP contribution is 2.07. The van der Waals surface area contributed by atoms with Gasteiger partial charge in [0.2, 0.25) is 5.91 Å². The standard InChI is InChI=1S/C6H15N.C5H11Cl.C3H3NOS2/c1-4-7(5-2)6-3;1-2-3-4-5-6;5-2-1-7-3(6)4-2/h4-6H2,1-3H3;2-5H2,1H3;1H2,(H,4,5,6). The van der Waals surface area contributed by atoms with Gasteiger partial charge in [0.15, 0.2) is 0 Å². The van der Waals surface area contributed by atoms with E-state index in [0.717, 1.165) is 5.88 Å². The fourth-order valence-electron chi connectivity index (χ4n) is 1.33. The van der Waals surface area contributed by atoms with E-state index in [0.29, 0.717) is 10.1 Å². The van der Waals surface area contributed by atoms with Gasteiger partial charge < -0.3 is 10.2 Å². The van der Waals surface area contributed by atoms with Gasteiger partial charge in [-0.15, -0.1) is 11.6 Å². The quantitative estimate of drug-likeness (QED) is 0.451. The third kappa shape index (κ3) is 16.2. The van der Waals surface area contributed by atoms with Crippen LogP contribution in [0, 0.1) is 0 Å². The summed E-state index contributed by atoms with van der Waals surface area (Å²) in [6.07, 6.45) is 3.73. The maximum Gasteiger partial charge on any atom is 0.235 e. The number of nitrogens with one attached hydrogen (secondary N) is 1. The highest BCUT2D eigenvalue weighted by Gasteiger charge is 2.13. The third-order valence-corrected chi connectivity index (χ3v) is 4.15. The number of amides is 1. The molecule has 0 bridgehead atoms. The Kier molecular flexibility index (Phi) is 19.3. The molecule has 1 N–H and O–H groups in total. The van der Waals surface area contributed by atoms with Crippen molar-refractivity contribution in [1.82, 2.24) is 10.2 Å². The molecule has 0 unspecified atom stereocenters. The van der Waals surface area contributed by atoms with Crippen LogP contribution in [0.3, 0.4) is 0 Å². The van der Waals surface area contributed by atoms with Crippen molar-refractivity contribution in [2.24, 2.45) is 0 Å².